The van der Waals surface area contributed by atoms with Crippen LogP contribution in [-0.2, 0) is 65.4 Å². The number of phosphoric acid groups is 2. The maximum Gasteiger partial charge on any atom is 0.472 e. The molecule has 0 rings (SSSR count). The fourth-order valence-corrected chi connectivity index (χ4v) is 12.1. The lowest BCUT2D eigenvalue weighted by atomic mass is 10.1. The van der Waals surface area contributed by atoms with Crippen molar-refractivity contribution in [1.82, 2.24) is 0 Å². The van der Waals surface area contributed by atoms with Crippen LogP contribution >= 0.6 is 15.6 Å². The Morgan fingerprint density at radius 3 is 0.814 bits per heavy atom. The fraction of sp³-hybridized carbons (Fsp3) is 0.735. The van der Waals surface area contributed by atoms with Crippen molar-refractivity contribution in [3.63, 3.8) is 0 Å². The van der Waals surface area contributed by atoms with Crippen LogP contribution in [-0.4, -0.2) is 96.7 Å². The third-order valence-electron chi connectivity index (χ3n) is 16.7. The Labute approximate surface area is 619 Å². The van der Waals surface area contributed by atoms with Crippen LogP contribution in [0.25, 0.3) is 0 Å². The minimum Gasteiger partial charge on any atom is -0.462 e. The number of carbonyl (C=O) groups is 4. The Balaban J connectivity index is 5.31. The normalized spacial score (nSPS) is 14.5. The third kappa shape index (κ3) is 74.0. The van der Waals surface area contributed by atoms with Gasteiger partial charge < -0.3 is 33.8 Å². The van der Waals surface area contributed by atoms with Crippen LogP contribution in [0.4, 0.5) is 0 Å². The lowest BCUT2D eigenvalue weighted by molar-refractivity contribution is -0.161. The molecule has 0 aromatic rings. The van der Waals surface area contributed by atoms with E-state index in [0.717, 1.165) is 205 Å². The number of rotatable bonds is 75. The molecule has 17 nitrogen and oxygen atoms in total. The van der Waals surface area contributed by atoms with E-state index < -0.39 is 97.5 Å². The van der Waals surface area contributed by atoms with Gasteiger partial charge >= 0.3 is 39.5 Å². The van der Waals surface area contributed by atoms with Gasteiger partial charge in [-0.1, -0.05) is 272 Å². The smallest absolute Gasteiger partial charge is 0.462 e. The summed E-state index contributed by atoms with van der Waals surface area (Å²) in [5, 5.41) is 10.6. The molecule has 0 amide bonds. The van der Waals surface area contributed by atoms with Crippen LogP contribution in [0.15, 0.2) is 109 Å². The van der Waals surface area contributed by atoms with Crippen molar-refractivity contribution >= 4 is 39.5 Å². The number of aliphatic hydroxyl groups excluding tert-OH is 1. The molecule has 0 saturated carbocycles. The average Bonchev–Trinajstić information content (AvgIpc) is 0.928. The average molecular weight is 1480 g/mol. The van der Waals surface area contributed by atoms with E-state index >= 15 is 0 Å². The van der Waals surface area contributed by atoms with E-state index in [4.69, 9.17) is 37.0 Å². The highest BCUT2D eigenvalue weighted by Crippen LogP contribution is 2.45. The lowest BCUT2D eigenvalue weighted by Crippen LogP contribution is -2.30. The van der Waals surface area contributed by atoms with Gasteiger partial charge in [0, 0.05) is 25.7 Å². The number of aliphatic hydroxyl groups is 1. The van der Waals surface area contributed by atoms with Gasteiger partial charge in [0.15, 0.2) is 12.2 Å². The summed E-state index contributed by atoms with van der Waals surface area (Å²) in [7, 11) is -9.96. The summed E-state index contributed by atoms with van der Waals surface area (Å²) in [6, 6.07) is 0. The van der Waals surface area contributed by atoms with E-state index in [1.54, 1.807) is 0 Å². The molecule has 588 valence electrons. The van der Waals surface area contributed by atoms with Crippen LogP contribution in [0, 0.1) is 0 Å². The molecular formula is C83H144O17P2. The van der Waals surface area contributed by atoms with Crippen molar-refractivity contribution in [3.05, 3.63) is 109 Å². The molecule has 0 bridgehead atoms. The summed E-state index contributed by atoms with van der Waals surface area (Å²) in [5.41, 5.74) is 0. The topological polar surface area (TPSA) is 237 Å². The summed E-state index contributed by atoms with van der Waals surface area (Å²) >= 11 is 0. The fourth-order valence-electron chi connectivity index (χ4n) is 10.5. The zero-order valence-electron chi connectivity index (χ0n) is 64.3. The van der Waals surface area contributed by atoms with Gasteiger partial charge in [0.1, 0.15) is 19.3 Å². The van der Waals surface area contributed by atoms with Gasteiger partial charge in [0.25, 0.3) is 0 Å². The Hall–Kier alpha value is -4.28. The summed E-state index contributed by atoms with van der Waals surface area (Å²) in [5.74, 6) is -2.22. The lowest BCUT2D eigenvalue weighted by Gasteiger charge is -2.21. The molecule has 5 atom stereocenters. The molecule has 0 aromatic carbocycles. The maximum absolute atomic E-state index is 13.1. The molecular weight excluding hydrogens is 1330 g/mol. The van der Waals surface area contributed by atoms with Crippen LogP contribution < -0.4 is 0 Å². The van der Waals surface area contributed by atoms with Gasteiger partial charge in [-0.05, 0) is 148 Å². The molecule has 0 aliphatic rings. The molecule has 0 radical (unpaired) electrons. The van der Waals surface area contributed by atoms with E-state index in [9.17, 15) is 43.2 Å². The number of phosphoric ester groups is 2. The van der Waals surface area contributed by atoms with Crippen LogP contribution in [0.5, 0.6) is 0 Å². The molecule has 0 aromatic heterocycles. The third-order valence-corrected chi connectivity index (χ3v) is 18.6. The minimum absolute atomic E-state index is 0.0746. The molecule has 19 heteroatoms. The van der Waals surface area contributed by atoms with E-state index in [-0.39, 0.29) is 25.7 Å². The molecule has 102 heavy (non-hydrogen) atoms. The largest absolute Gasteiger partial charge is 0.472 e. The number of hydrogen-bond acceptors (Lipinski definition) is 15. The van der Waals surface area contributed by atoms with E-state index in [0.29, 0.717) is 25.7 Å². The first-order valence-electron chi connectivity index (χ1n) is 40.1. The Kier molecular flexibility index (Phi) is 71.8. The van der Waals surface area contributed by atoms with Crippen molar-refractivity contribution in [2.45, 2.75) is 354 Å². The minimum atomic E-state index is -4.98. The molecule has 0 saturated heterocycles. The molecule has 0 aliphatic heterocycles. The highest BCUT2D eigenvalue weighted by Gasteiger charge is 2.30. The Bertz CT molecular complexity index is 2360. The molecule has 0 heterocycles. The molecule has 0 aliphatic carbocycles. The highest BCUT2D eigenvalue weighted by atomic mass is 31.2. The standard InChI is InChI=1S/C83H144O17P2/c1-5-9-13-17-21-25-29-32-34-36-38-40-42-45-48-51-55-59-63-67-80(85)93-73-78(99-82(87)69-65-61-57-53-47-28-24-20-16-12-8-4)75-97-101(89,90)95-71-77(84)72-96-102(91,92)98-76-79(100-83(88)70-66-62-58-54-50-44-31-27-23-19-15-11-7-3)74-94-81(86)68-64-60-56-52-49-46-43-41-39-37-35-33-30-26-22-18-14-10-6-2/h15,19-22,24-27,31-35,38-41,77-79,84H,5-14,16-18,23,28-30,36-37,42-76H2,1-4H3,(H,89,90)(H,91,92)/b19-15-,24-20-,25-21-,26-22-,31-27-,34-32-,35-33-,40-38-,41-39-. The van der Waals surface area contributed by atoms with Gasteiger partial charge in [-0.25, -0.2) is 9.13 Å². The second-order valence-corrected chi connectivity index (χ2v) is 29.5. The van der Waals surface area contributed by atoms with Crippen LogP contribution in [0.1, 0.15) is 336 Å². The first kappa shape index (κ1) is 97.7. The van der Waals surface area contributed by atoms with Crippen molar-refractivity contribution < 1.29 is 80.2 Å². The molecule has 0 fully saturated rings. The van der Waals surface area contributed by atoms with Crippen LogP contribution in [0.2, 0.25) is 0 Å². The first-order valence-corrected chi connectivity index (χ1v) is 43.1. The predicted octanol–water partition coefficient (Wildman–Crippen LogP) is 23.3. The molecule has 5 unspecified atom stereocenters. The highest BCUT2D eigenvalue weighted by molar-refractivity contribution is 7.47. The van der Waals surface area contributed by atoms with Gasteiger partial charge in [-0.3, -0.25) is 37.3 Å². The number of esters is 4. The second-order valence-electron chi connectivity index (χ2n) is 26.6. The van der Waals surface area contributed by atoms with Crippen molar-refractivity contribution in [3.8, 4) is 0 Å². The van der Waals surface area contributed by atoms with Crippen molar-refractivity contribution in [1.29, 1.82) is 0 Å². The van der Waals surface area contributed by atoms with Gasteiger partial charge in [-0.2, -0.15) is 0 Å². The summed E-state index contributed by atoms with van der Waals surface area (Å²) < 4.78 is 68.5. The zero-order chi connectivity index (χ0) is 74.6. The number of hydrogen-bond donors (Lipinski definition) is 3. The number of allylic oxidation sites excluding steroid dienone is 18. The Morgan fingerprint density at radius 1 is 0.275 bits per heavy atom. The Morgan fingerprint density at radius 2 is 0.510 bits per heavy atom. The maximum atomic E-state index is 13.1. The van der Waals surface area contributed by atoms with Crippen LogP contribution in [0.3, 0.4) is 0 Å². The van der Waals surface area contributed by atoms with E-state index in [1.807, 2.05) is 0 Å². The molecule has 3 N–H and O–H groups in total. The SMILES string of the molecule is CCC/C=C\C/C=C\CCCCCCCC(=O)OC(COC(=O)CCCCCCCC/C=C\C/C=C\C/C=C\CCCCC)COP(=O)(O)OCC(O)COP(=O)(O)OCC(COC(=O)CCCCCCCC/C=C\C/C=C\C/C=C\CCCCC)OC(=O)CCCCCCC/C=C\CCCC. The zero-order valence-corrected chi connectivity index (χ0v) is 66.0. The van der Waals surface area contributed by atoms with Crippen molar-refractivity contribution in [2.75, 3.05) is 39.6 Å². The second kappa shape index (κ2) is 75.0. The number of unbranched alkanes of at least 4 members (excludes halogenated alkanes) is 31. The number of ether oxygens (including phenoxy) is 4. The summed E-state index contributed by atoms with van der Waals surface area (Å²) in [6.45, 7) is 4.68. The summed E-state index contributed by atoms with van der Waals surface area (Å²) in [6.07, 6.45) is 80.7. The molecule has 0 spiro atoms. The quantitative estimate of drug-likeness (QED) is 0.0169. The number of carbonyl (C=O) groups excluding carboxylic acids is 4. The van der Waals surface area contributed by atoms with Gasteiger partial charge in [0.2, 0.25) is 0 Å². The predicted molar refractivity (Wildman–Crippen MR) is 418 cm³/mol. The van der Waals surface area contributed by atoms with Crippen molar-refractivity contribution in [2.24, 2.45) is 0 Å². The van der Waals surface area contributed by atoms with Gasteiger partial charge in [0.05, 0.1) is 26.4 Å². The van der Waals surface area contributed by atoms with E-state index in [2.05, 4.69) is 137 Å². The van der Waals surface area contributed by atoms with Gasteiger partial charge in [-0.15, -0.1) is 0 Å². The summed E-state index contributed by atoms with van der Waals surface area (Å²) in [4.78, 5) is 72.9. The van der Waals surface area contributed by atoms with E-state index in [1.165, 1.54) is 51.4 Å². The monoisotopic (exact) mass is 1470 g/mol. The first-order chi connectivity index (χ1) is 49.7.